The van der Waals surface area contributed by atoms with E-state index in [9.17, 15) is 0 Å². The van der Waals surface area contributed by atoms with E-state index >= 15 is 0 Å². The van der Waals surface area contributed by atoms with E-state index in [1.807, 2.05) is 36.4 Å². The smallest absolute Gasteiger partial charge is 0.133 e. The number of anilines is 1. The molecule has 3 nitrogen and oxygen atoms in total. The zero-order valence-corrected chi connectivity index (χ0v) is 11.7. The molecular weight excluding hydrogens is 339 g/mol. The molecule has 0 fully saturated rings. The van der Waals surface area contributed by atoms with E-state index in [2.05, 4.69) is 28.7 Å². The highest BCUT2D eigenvalue weighted by Gasteiger charge is 2.07. The van der Waals surface area contributed by atoms with Crippen LogP contribution in [0.2, 0.25) is 0 Å². The van der Waals surface area contributed by atoms with Crippen LogP contribution >= 0.6 is 22.6 Å². The van der Waals surface area contributed by atoms with Gasteiger partial charge >= 0.3 is 0 Å². The first-order valence-electron chi connectivity index (χ1n) is 5.37. The lowest BCUT2D eigenvalue weighted by Crippen LogP contribution is -2.02. The standard InChI is InChI=1S/C14H11IN2O/c15-12-5-1-2-7-14(12)18-9-10-4-3-6-13(17)11(10)8-16/h1-7H,9,17H2. The summed E-state index contributed by atoms with van der Waals surface area (Å²) in [6.07, 6.45) is 0. The minimum Gasteiger partial charge on any atom is -0.488 e. The first kappa shape index (κ1) is 12.7. The largest absolute Gasteiger partial charge is 0.488 e. The number of nitriles is 1. The van der Waals surface area contributed by atoms with Gasteiger partial charge in [-0.15, -0.1) is 0 Å². The lowest BCUT2D eigenvalue weighted by atomic mass is 10.1. The van der Waals surface area contributed by atoms with Crippen molar-refractivity contribution in [3.63, 3.8) is 0 Å². The van der Waals surface area contributed by atoms with Crippen LogP contribution < -0.4 is 10.5 Å². The minimum atomic E-state index is 0.341. The molecule has 0 saturated heterocycles. The van der Waals surface area contributed by atoms with E-state index in [-0.39, 0.29) is 0 Å². The first-order chi connectivity index (χ1) is 8.72. The molecule has 0 aromatic heterocycles. The summed E-state index contributed by atoms with van der Waals surface area (Å²) in [5.74, 6) is 0.810. The Labute approximate surface area is 119 Å². The molecule has 2 rings (SSSR count). The fourth-order valence-electron chi connectivity index (χ4n) is 1.59. The summed E-state index contributed by atoms with van der Waals surface area (Å²) in [5.41, 5.74) is 7.53. The van der Waals surface area contributed by atoms with Gasteiger partial charge in [0.25, 0.3) is 0 Å². The van der Waals surface area contributed by atoms with Crippen molar-refractivity contribution in [3.05, 3.63) is 57.2 Å². The second-order valence-electron chi connectivity index (χ2n) is 3.71. The molecule has 0 aliphatic rings. The molecule has 0 heterocycles. The number of nitrogens with two attached hydrogens (primary N) is 1. The number of hydrogen-bond donors (Lipinski definition) is 1. The average molecular weight is 350 g/mol. The summed E-state index contributed by atoms with van der Waals surface area (Å²) < 4.78 is 6.75. The molecule has 2 aromatic carbocycles. The van der Waals surface area contributed by atoms with Crippen LogP contribution in [0.3, 0.4) is 0 Å². The van der Waals surface area contributed by atoms with E-state index in [1.54, 1.807) is 6.07 Å². The maximum absolute atomic E-state index is 9.06. The van der Waals surface area contributed by atoms with Crippen molar-refractivity contribution in [1.82, 2.24) is 0 Å². The Morgan fingerprint density at radius 2 is 1.94 bits per heavy atom. The highest BCUT2D eigenvalue weighted by molar-refractivity contribution is 14.1. The number of nitrogen functional groups attached to an aromatic ring is 1. The maximum atomic E-state index is 9.06. The molecule has 0 aliphatic carbocycles. The number of nitrogens with zero attached hydrogens (tertiary/aromatic N) is 1. The van der Waals surface area contributed by atoms with Crippen LogP contribution in [0.25, 0.3) is 0 Å². The van der Waals surface area contributed by atoms with E-state index in [1.165, 1.54) is 0 Å². The van der Waals surface area contributed by atoms with E-state index in [0.29, 0.717) is 17.9 Å². The van der Waals surface area contributed by atoms with Gasteiger partial charge in [-0.2, -0.15) is 5.26 Å². The van der Waals surface area contributed by atoms with Crippen molar-refractivity contribution in [3.8, 4) is 11.8 Å². The first-order valence-corrected chi connectivity index (χ1v) is 6.45. The second kappa shape index (κ2) is 5.74. The number of para-hydroxylation sites is 1. The second-order valence-corrected chi connectivity index (χ2v) is 4.87. The fourth-order valence-corrected chi connectivity index (χ4v) is 2.14. The zero-order valence-electron chi connectivity index (χ0n) is 9.56. The number of ether oxygens (including phenoxy) is 1. The molecular formula is C14H11IN2O. The minimum absolute atomic E-state index is 0.341. The van der Waals surface area contributed by atoms with Crippen LogP contribution in [0, 0.1) is 14.9 Å². The van der Waals surface area contributed by atoms with E-state index in [4.69, 9.17) is 15.7 Å². The Morgan fingerprint density at radius 1 is 1.17 bits per heavy atom. The lowest BCUT2D eigenvalue weighted by molar-refractivity contribution is 0.304. The quantitative estimate of drug-likeness (QED) is 0.682. The van der Waals surface area contributed by atoms with Gasteiger partial charge < -0.3 is 10.5 Å². The summed E-state index contributed by atoms with van der Waals surface area (Å²) >= 11 is 2.21. The van der Waals surface area contributed by atoms with Gasteiger partial charge in [0, 0.05) is 11.3 Å². The highest BCUT2D eigenvalue weighted by atomic mass is 127. The summed E-state index contributed by atoms with van der Waals surface area (Å²) in [7, 11) is 0. The molecule has 0 spiro atoms. The van der Waals surface area contributed by atoms with Crippen molar-refractivity contribution in [2.45, 2.75) is 6.61 Å². The number of halogens is 1. The third-order valence-corrected chi connectivity index (χ3v) is 3.41. The van der Waals surface area contributed by atoms with Crippen LogP contribution in [-0.2, 0) is 6.61 Å². The zero-order chi connectivity index (χ0) is 13.0. The SMILES string of the molecule is N#Cc1c(N)cccc1COc1ccccc1I. The average Bonchev–Trinajstić information content (AvgIpc) is 2.38. The summed E-state index contributed by atoms with van der Waals surface area (Å²) in [5, 5.41) is 9.06. The van der Waals surface area contributed by atoms with E-state index < -0.39 is 0 Å². The molecule has 0 bridgehead atoms. The molecule has 2 aromatic rings. The van der Waals surface area contributed by atoms with Crippen LogP contribution in [-0.4, -0.2) is 0 Å². The van der Waals surface area contributed by atoms with E-state index in [0.717, 1.165) is 14.9 Å². The summed E-state index contributed by atoms with van der Waals surface area (Å²) in [6, 6.07) is 15.2. The van der Waals surface area contributed by atoms with Crippen LogP contribution in [0.4, 0.5) is 5.69 Å². The highest BCUT2D eigenvalue weighted by Crippen LogP contribution is 2.22. The van der Waals surface area contributed by atoms with Gasteiger partial charge in [0.15, 0.2) is 0 Å². The van der Waals surface area contributed by atoms with Crippen molar-refractivity contribution >= 4 is 28.3 Å². The Balaban J connectivity index is 2.19. The predicted octanol–water partition coefficient (Wildman–Crippen LogP) is 3.32. The summed E-state index contributed by atoms with van der Waals surface area (Å²) in [6.45, 7) is 0.341. The Morgan fingerprint density at radius 3 is 2.67 bits per heavy atom. The van der Waals surface area contributed by atoms with Crippen LogP contribution in [0.1, 0.15) is 11.1 Å². The monoisotopic (exact) mass is 350 g/mol. The van der Waals surface area contributed by atoms with Crippen molar-refractivity contribution in [1.29, 1.82) is 5.26 Å². The van der Waals surface area contributed by atoms with Gasteiger partial charge in [-0.25, -0.2) is 0 Å². The van der Waals surface area contributed by atoms with Gasteiger partial charge in [-0.3, -0.25) is 0 Å². The normalized spacial score (nSPS) is 9.78. The topological polar surface area (TPSA) is 59.0 Å². The molecule has 0 radical (unpaired) electrons. The number of rotatable bonds is 3. The summed E-state index contributed by atoms with van der Waals surface area (Å²) in [4.78, 5) is 0. The van der Waals surface area contributed by atoms with Crippen molar-refractivity contribution in [2.24, 2.45) is 0 Å². The van der Waals surface area contributed by atoms with Crippen LogP contribution in [0.15, 0.2) is 42.5 Å². The molecule has 0 saturated carbocycles. The van der Waals surface area contributed by atoms with Gasteiger partial charge in [0.05, 0.1) is 9.13 Å². The van der Waals surface area contributed by atoms with Gasteiger partial charge in [0.1, 0.15) is 18.4 Å². The Bertz CT molecular complexity index is 605. The van der Waals surface area contributed by atoms with Crippen molar-refractivity contribution in [2.75, 3.05) is 5.73 Å². The molecule has 2 N–H and O–H groups in total. The maximum Gasteiger partial charge on any atom is 0.133 e. The van der Waals surface area contributed by atoms with Gasteiger partial charge in [-0.1, -0.05) is 24.3 Å². The van der Waals surface area contributed by atoms with Crippen LogP contribution in [0.5, 0.6) is 5.75 Å². The lowest BCUT2D eigenvalue weighted by Gasteiger charge is -2.10. The molecule has 0 aliphatic heterocycles. The third-order valence-electron chi connectivity index (χ3n) is 2.51. The Kier molecular flexibility index (Phi) is 4.05. The Hall–Kier alpha value is -1.74. The molecule has 90 valence electrons. The van der Waals surface area contributed by atoms with Gasteiger partial charge in [-0.05, 0) is 40.8 Å². The molecule has 18 heavy (non-hydrogen) atoms. The fraction of sp³-hybridized carbons (Fsp3) is 0.0714. The molecule has 0 atom stereocenters. The number of benzene rings is 2. The third kappa shape index (κ3) is 2.74. The number of hydrogen-bond acceptors (Lipinski definition) is 3. The predicted molar refractivity (Wildman–Crippen MR) is 79.1 cm³/mol. The molecule has 0 unspecified atom stereocenters. The molecule has 4 heteroatoms. The molecule has 0 amide bonds. The van der Waals surface area contributed by atoms with Crippen molar-refractivity contribution < 1.29 is 4.74 Å². The van der Waals surface area contributed by atoms with Gasteiger partial charge in [0.2, 0.25) is 0 Å².